The maximum atomic E-state index is 12.5. The van der Waals surface area contributed by atoms with Crippen molar-refractivity contribution in [1.82, 2.24) is 14.8 Å². The van der Waals surface area contributed by atoms with Crippen LogP contribution in [-0.4, -0.2) is 33.9 Å². The van der Waals surface area contributed by atoms with Crippen molar-refractivity contribution in [2.24, 2.45) is 0 Å². The first-order chi connectivity index (χ1) is 12.8. The Morgan fingerprint density at radius 3 is 2.88 bits per heavy atom. The smallest absolute Gasteiger partial charge is 0.261 e. The summed E-state index contributed by atoms with van der Waals surface area (Å²) in [7, 11) is 0. The molecular weight excluding hydrogens is 332 g/mol. The third kappa shape index (κ3) is 4.60. The molecule has 0 aliphatic carbocycles. The summed E-state index contributed by atoms with van der Waals surface area (Å²) < 4.78 is 12.9. The maximum absolute atomic E-state index is 12.5. The molecule has 0 saturated carbocycles. The topological polar surface area (TPSA) is 78.3 Å². The van der Waals surface area contributed by atoms with Crippen LogP contribution in [0.4, 0.5) is 5.69 Å². The predicted molar refractivity (Wildman–Crippen MR) is 97.5 cm³/mol. The van der Waals surface area contributed by atoms with Gasteiger partial charge >= 0.3 is 0 Å². The Morgan fingerprint density at radius 2 is 2.08 bits per heavy atom. The van der Waals surface area contributed by atoms with Crippen molar-refractivity contribution in [3.05, 3.63) is 66.6 Å². The van der Waals surface area contributed by atoms with Gasteiger partial charge in [0.15, 0.2) is 0 Å². The van der Waals surface area contributed by atoms with Crippen LogP contribution < -0.4 is 14.8 Å². The Hall–Kier alpha value is -3.35. The first kappa shape index (κ1) is 17.5. The second-order valence-electron chi connectivity index (χ2n) is 5.39. The lowest BCUT2D eigenvalue weighted by molar-refractivity contribution is 0.102. The van der Waals surface area contributed by atoms with Crippen molar-refractivity contribution in [2.45, 2.75) is 13.5 Å². The molecule has 134 valence electrons. The molecule has 3 aromatic rings. The van der Waals surface area contributed by atoms with E-state index in [0.29, 0.717) is 42.6 Å². The van der Waals surface area contributed by atoms with Crippen LogP contribution in [0.15, 0.2) is 61.1 Å². The Bertz CT molecular complexity index is 850. The zero-order valence-corrected chi connectivity index (χ0v) is 14.5. The van der Waals surface area contributed by atoms with Gasteiger partial charge in [-0.2, -0.15) is 5.10 Å². The molecule has 0 bridgehead atoms. The fourth-order valence-electron chi connectivity index (χ4n) is 2.37. The summed E-state index contributed by atoms with van der Waals surface area (Å²) in [6.45, 7) is 3.42. The highest BCUT2D eigenvalue weighted by Crippen LogP contribution is 2.20. The van der Waals surface area contributed by atoms with Crippen molar-refractivity contribution < 1.29 is 14.3 Å². The SMILES string of the molecule is CCOc1ncccc1C(=O)Nc1cccc(OCCn2cccn2)c1. The van der Waals surface area contributed by atoms with Gasteiger partial charge in [-0.15, -0.1) is 0 Å². The van der Waals surface area contributed by atoms with Gasteiger partial charge in [0, 0.05) is 30.3 Å². The van der Waals surface area contributed by atoms with Gasteiger partial charge in [-0.25, -0.2) is 4.98 Å². The zero-order valence-electron chi connectivity index (χ0n) is 14.5. The molecule has 0 saturated heterocycles. The van der Waals surface area contributed by atoms with Gasteiger partial charge in [0.05, 0.1) is 13.2 Å². The van der Waals surface area contributed by atoms with Crippen LogP contribution in [0.1, 0.15) is 17.3 Å². The largest absolute Gasteiger partial charge is 0.492 e. The van der Waals surface area contributed by atoms with Gasteiger partial charge < -0.3 is 14.8 Å². The Morgan fingerprint density at radius 1 is 1.15 bits per heavy atom. The Balaban J connectivity index is 1.62. The highest BCUT2D eigenvalue weighted by molar-refractivity contribution is 6.05. The number of carbonyl (C=O) groups excluding carboxylic acids is 1. The van der Waals surface area contributed by atoms with E-state index in [1.165, 1.54) is 0 Å². The van der Waals surface area contributed by atoms with Crippen LogP contribution in [0.5, 0.6) is 11.6 Å². The van der Waals surface area contributed by atoms with Gasteiger partial charge in [0.2, 0.25) is 5.88 Å². The number of amides is 1. The minimum absolute atomic E-state index is 0.282. The zero-order chi connectivity index (χ0) is 18.2. The number of benzene rings is 1. The van der Waals surface area contributed by atoms with Gasteiger partial charge in [-0.1, -0.05) is 6.07 Å². The summed E-state index contributed by atoms with van der Waals surface area (Å²) >= 11 is 0. The fourth-order valence-corrected chi connectivity index (χ4v) is 2.37. The molecule has 0 spiro atoms. The third-order valence-electron chi connectivity index (χ3n) is 3.54. The third-order valence-corrected chi connectivity index (χ3v) is 3.54. The van der Waals surface area contributed by atoms with Crippen molar-refractivity contribution in [1.29, 1.82) is 0 Å². The summed E-state index contributed by atoms with van der Waals surface area (Å²) in [5, 5.41) is 6.97. The number of carbonyl (C=O) groups is 1. The molecular formula is C19H20N4O3. The molecule has 0 atom stereocenters. The van der Waals surface area contributed by atoms with E-state index >= 15 is 0 Å². The van der Waals surface area contributed by atoms with E-state index in [0.717, 1.165) is 0 Å². The van der Waals surface area contributed by atoms with Crippen LogP contribution in [0.2, 0.25) is 0 Å². The average molecular weight is 352 g/mol. The maximum Gasteiger partial charge on any atom is 0.261 e. The number of nitrogens with zero attached hydrogens (tertiary/aromatic N) is 3. The summed E-state index contributed by atoms with van der Waals surface area (Å²) in [6.07, 6.45) is 5.20. The average Bonchev–Trinajstić information content (AvgIpc) is 3.16. The summed E-state index contributed by atoms with van der Waals surface area (Å²) in [4.78, 5) is 16.6. The highest BCUT2D eigenvalue weighted by atomic mass is 16.5. The number of anilines is 1. The van der Waals surface area contributed by atoms with Crippen LogP contribution >= 0.6 is 0 Å². The molecule has 2 heterocycles. The van der Waals surface area contributed by atoms with E-state index in [1.54, 1.807) is 41.3 Å². The molecule has 1 aromatic carbocycles. The van der Waals surface area contributed by atoms with Gasteiger partial charge in [0.25, 0.3) is 5.91 Å². The quantitative estimate of drug-likeness (QED) is 0.674. The minimum Gasteiger partial charge on any atom is -0.492 e. The molecule has 7 heteroatoms. The standard InChI is InChI=1S/C19H20N4O3/c1-2-25-19-17(8-4-9-20-19)18(24)22-15-6-3-7-16(14-15)26-13-12-23-11-5-10-21-23/h3-11,14H,2,12-13H2,1H3,(H,22,24). The lowest BCUT2D eigenvalue weighted by Crippen LogP contribution is -2.14. The lowest BCUT2D eigenvalue weighted by Gasteiger charge is -2.11. The fraction of sp³-hybridized carbons (Fsp3) is 0.211. The van der Waals surface area contributed by atoms with E-state index in [4.69, 9.17) is 9.47 Å². The highest BCUT2D eigenvalue weighted by Gasteiger charge is 2.13. The molecule has 3 rings (SSSR count). The number of ether oxygens (including phenoxy) is 2. The molecule has 2 aromatic heterocycles. The molecule has 7 nitrogen and oxygen atoms in total. The van der Waals surface area contributed by atoms with Gasteiger partial charge in [0.1, 0.15) is 17.9 Å². The molecule has 26 heavy (non-hydrogen) atoms. The minimum atomic E-state index is -0.282. The molecule has 0 radical (unpaired) electrons. The molecule has 0 fully saturated rings. The van der Waals surface area contributed by atoms with E-state index in [2.05, 4.69) is 15.4 Å². The molecule has 0 unspecified atom stereocenters. The van der Waals surface area contributed by atoms with Crippen LogP contribution in [0.25, 0.3) is 0 Å². The number of aromatic nitrogens is 3. The number of hydrogen-bond acceptors (Lipinski definition) is 5. The number of hydrogen-bond donors (Lipinski definition) is 1. The number of rotatable bonds is 8. The van der Waals surface area contributed by atoms with E-state index in [-0.39, 0.29) is 5.91 Å². The summed E-state index contributed by atoms with van der Waals surface area (Å²) in [5.74, 6) is 0.709. The van der Waals surface area contributed by atoms with Gasteiger partial charge in [-0.05, 0) is 37.3 Å². The van der Waals surface area contributed by atoms with Gasteiger partial charge in [-0.3, -0.25) is 9.48 Å². The van der Waals surface area contributed by atoms with Crippen LogP contribution in [-0.2, 0) is 6.54 Å². The first-order valence-corrected chi connectivity index (χ1v) is 8.35. The summed E-state index contributed by atoms with van der Waals surface area (Å²) in [5.41, 5.74) is 1.03. The van der Waals surface area contributed by atoms with Crippen molar-refractivity contribution in [3.8, 4) is 11.6 Å². The molecule has 0 aliphatic rings. The van der Waals surface area contributed by atoms with Crippen molar-refractivity contribution in [3.63, 3.8) is 0 Å². The predicted octanol–water partition coefficient (Wildman–Crippen LogP) is 3.01. The Labute approximate surface area is 151 Å². The monoisotopic (exact) mass is 352 g/mol. The van der Waals surface area contributed by atoms with Crippen LogP contribution in [0, 0.1) is 0 Å². The van der Waals surface area contributed by atoms with Crippen molar-refractivity contribution in [2.75, 3.05) is 18.5 Å². The number of pyridine rings is 1. The summed E-state index contributed by atoms with van der Waals surface area (Å²) in [6, 6.07) is 12.5. The molecule has 1 N–H and O–H groups in total. The van der Waals surface area contributed by atoms with E-state index < -0.39 is 0 Å². The lowest BCUT2D eigenvalue weighted by atomic mass is 10.2. The molecule has 1 amide bonds. The van der Waals surface area contributed by atoms with Crippen molar-refractivity contribution >= 4 is 11.6 Å². The second kappa shape index (κ2) is 8.66. The molecule has 0 aliphatic heterocycles. The first-order valence-electron chi connectivity index (χ1n) is 8.35. The number of nitrogens with one attached hydrogen (secondary N) is 1. The Kier molecular flexibility index (Phi) is 5.82. The second-order valence-corrected chi connectivity index (χ2v) is 5.39. The van der Waals surface area contributed by atoms with E-state index in [9.17, 15) is 4.79 Å². The normalized spacial score (nSPS) is 10.3. The van der Waals surface area contributed by atoms with E-state index in [1.807, 2.05) is 31.3 Å². The van der Waals surface area contributed by atoms with Crippen LogP contribution in [0.3, 0.4) is 0 Å².